The summed E-state index contributed by atoms with van der Waals surface area (Å²) < 4.78 is 20.4. The van der Waals surface area contributed by atoms with Crippen molar-refractivity contribution < 1.29 is 57.9 Å². The van der Waals surface area contributed by atoms with Gasteiger partial charge >= 0.3 is 0 Å². The van der Waals surface area contributed by atoms with Crippen molar-refractivity contribution in [2.45, 2.75) is 102 Å². The van der Waals surface area contributed by atoms with E-state index < -0.39 is 0 Å². The number of Topliss-reactive ketones (excluding diaryl/α,β-unsaturated/α-hetero) is 2. The number of carbonyl (C=O) groups excluding carboxylic acids is 6. The molecule has 14 nitrogen and oxygen atoms in total. The Morgan fingerprint density at radius 3 is 1.50 bits per heavy atom. The number of aliphatic hydroxyl groups excluding tert-OH is 2. The summed E-state index contributed by atoms with van der Waals surface area (Å²) in [6.07, 6.45) is 15.3. The first-order chi connectivity index (χ1) is 28.1. The monoisotopic (exact) mass is 858 g/mol. The van der Waals surface area contributed by atoms with Gasteiger partial charge in [-0.1, -0.05) is 25.7 Å². The van der Waals surface area contributed by atoms with Crippen molar-refractivity contribution in [2.24, 2.45) is 23.7 Å². The molecule has 4 rings (SSSR count). The molecule has 0 spiro atoms. The van der Waals surface area contributed by atoms with Gasteiger partial charge in [0.2, 0.25) is 11.8 Å². The topological polar surface area (TPSA) is 186 Å². The highest BCUT2D eigenvalue weighted by Crippen LogP contribution is 2.35. The Labute approximate surface area is 355 Å². The summed E-state index contributed by atoms with van der Waals surface area (Å²) in [4.78, 5) is 74.5. The predicted octanol–water partition coefficient (Wildman–Crippen LogP) is 4.08. The maximum atomic E-state index is 12.4. The van der Waals surface area contributed by atoms with Crippen LogP contribution >= 0.6 is 24.4 Å². The number of ether oxygens (including phenoxy) is 4. The van der Waals surface area contributed by atoms with Crippen LogP contribution in [0.25, 0.3) is 0 Å². The van der Waals surface area contributed by atoms with Gasteiger partial charge in [-0.25, -0.2) is 0 Å². The molecule has 0 aromatic carbocycles. The molecule has 2 saturated carbocycles. The Morgan fingerprint density at radius 2 is 1.09 bits per heavy atom. The summed E-state index contributed by atoms with van der Waals surface area (Å²) in [6.45, 7) is 4.37. The smallest absolute Gasteiger partial charge is 0.253 e. The number of hydrogen-bond acceptors (Lipinski definition) is 14. The van der Waals surface area contributed by atoms with Gasteiger partial charge in [-0.3, -0.25) is 38.6 Å². The molecule has 16 heteroatoms. The molecule has 1 unspecified atom stereocenters. The number of methoxy groups -OCH3 is 2. The maximum absolute atomic E-state index is 12.4. The van der Waals surface area contributed by atoms with Crippen LogP contribution in [-0.2, 0) is 47.7 Å². The van der Waals surface area contributed by atoms with Crippen molar-refractivity contribution in [3.63, 3.8) is 0 Å². The number of nitrogens with zero attached hydrogens (tertiary/aromatic N) is 2. The summed E-state index contributed by atoms with van der Waals surface area (Å²) in [5.74, 6) is 2.93. The fraction of sp³-hybridized carbons (Fsp3) is 0.810. The van der Waals surface area contributed by atoms with Gasteiger partial charge in [0.1, 0.15) is 11.6 Å². The van der Waals surface area contributed by atoms with Crippen LogP contribution in [0.5, 0.6) is 0 Å². The molecule has 2 heterocycles. The molecule has 4 amide bonds. The first-order valence-corrected chi connectivity index (χ1v) is 22.7. The van der Waals surface area contributed by atoms with Crippen molar-refractivity contribution in [3.8, 4) is 0 Å². The summed E-state index contributed by atoms with van der Waals surface area (Å²) in [5.41, 5.74) is 0. The molecular weight excluding hydrogens is 789 g/mol. The zero-order valence-corrected chi connectivity index (χ0v) is 36.6. The van der Waals surface area contributed by atoms with E-state index in [0.717, 1.165) is 64.2 Å². The van der Waals surface area contributed by atoms with Gasteiger partial charge in [0, 0.05) is 83.1 Å². The van der Waals surface area contributed by atoms with E-state index in [0.29, 0.717) is 114 Å². The number of thioether (sulfide) groups is 1. The fourth-order valence-corrected chi connectivity index (χ4v) is 8.46. The summed E-state index contributed by atoms with van der Waals surface area (Å²) in [7, 11) is 3.25. The normalized spacial score (nSPS) is 23.2. The van der Waals surface area contributed by atoms with Gasteiger partial charge < -0.3 is 29.2 Å². The van der Waals surface area contributed by atoms with E-state index in [9.17, 15) is 28.8 Å². The molecule has 0 radical (unpaired) electrons. The van der Waals surface area contributed by atoms with Gasteiger partial charge in [-0.05, 0) is 62.2 Å². The van der Waals surface area contributed by atoms with Crippen LogP contribution in [0.4, 0.5) is 0 Å². The largest absolute Gasteiger partial charge is 0.396 e. The lowest BCUT2D eigenvalue weighted by Crippen LogP contribution is -2.37. The van der Waals surface area contributed by atoms with Crippen LogP contribution in [0.15, 0.2) is 12.2 Å². The first kappa shape index (κ1) is 52.0. The third kappa shape index (κ3) is 21.4. The lowest BCUT2D eigenvalue weighted by Gasteiger charge is -2.30. The number of aliphatic hydroxyl groups is 2. The van der Waals surface area contributed by atoms with Crippen LogP contribution in [0.2, 0.25) is 0 Å². The van der Waals surface area contributed by atoms with E-state index in [1.807, 2.05) is 0 Å². The van der Waals surface area contributed by atoms with Gasteiger partial charge in [0.15, 0.2) is 0 Å². The number of ketones is 2. The Balaban J connectivity index is 0.000000369. The average molecular weight is 859 g/mol. The fourth-order valence-electron chi connectivity index (χ4n) is 7.54. The molecule has 1 saturated heterocycles. The minimum absolute atomic E-state index is 0.0238. The number of rotatable bonds is 26. The first-order valence-electron chi connectivity index (χ1n) is 21.0. The van der Waals surface area contributed by atoms with Crippen LogP contribution < -0.4 is 0 Å². The molecule has 4 aliphatic rings. The quantitative estimate of drug-likeness (QED) is 0.0643. The van der Waals surface area contributed by atoms with Crippen LogP contribution in [-0.4, -0.2) is 152 Å². The Bertz CT molecular complexity index is 1230. The second kappa shape index (κ2) is 31.7. The molecule has 2 N–H and O–H groups in total. The van der Waals surface area contributed by atoms with Crippen molar-refractivity contribution in [1.82, 2.24) is 9.80 Å². The highest BCUT2D eigenvalue weighted by atomic mass is 32.2. The zero-order valence-electron chi connectivity index (χ0n) is 34.9. The lowest BCUT2D eigenvalue weighted by atomic mass is 9.79. The summed E-state index contributed by atoms with van der Waals surface area (Å²) in [6, 6.07) is 0. The van der Waals surface area contributed by atoms with E-state index in [4.69, 9.17) is 29.2 Å². The highest BCUT2D eigenvalue weighted by Gasteiger charge is 2.40. The predicted molar refractivity (Wildman–Crippen MR) is 225 cm³/mol. The van der Waals surface area contributed by atoms with Gasteiger partial charge in [-0.2, -0.15) is 12.6 Å². The van der Waals surface area contributed by atoms with E-state index in [-0.39, 0.29) is 60.1 Å². The summed E-state index contributed by atoms with van der Waals surface area (Å²) in [5, 5.41) is 16.4. The summed E-state index contributed by atoms with van der Waals surface area (Å²) >= 11 is 5.04. The number of imide groups is 2. The van der Waals surface area contributed by atoms with Crippen LogP contribution in [0, 0.1) is 23.7 Å². The van der Waals surface area contributed by atoms with Crippen molar-refractivity contribution in [3.05, 3.63) is 12.2 Å². The zero-order chi connectivity index (χ0) is 42.5. The third-order valence-corrected chi connectivity index (χ3v) is 12.4. The number of thiol groups is 1. The third-order valence-electron chi connectivity index (χ3n) is 11.0. The second-order valence-corrected chi connectivity index (χ2v) is 17.1. The molecule has 2 aliphatic carbocycles. The maximum Gasteiger partial charge on any atom is 0.253 e. The Hall–Kier alpha value is -2.18. The van der Waals surface area contributed by atoms with Crippen LogP contribution in [0.3, 0.4) is 0 Å². The molecule has 1 atom stereocenters. The highest BCUT2D eigenvalue weighted by molar-refractivity contribution is 8.00. The van der Waals surface area contributed by atoms with Gasteiger partial charge in [0.05, 0.1) is 58.1 Å². The van der Waals surface area contributed by atoms with Crippen LogP contribution in [0.1, 0.15) is 96.3 Å². The molecule has 58 heavy (non-hydrogen) atoms. The number of carbonyl (C=O) groups is 6. The standard InChI is InChI=1S/C21H35NO6S.C19H29NO5.C2H6OS/c1-27-11-12-28-10-8-18(24)7-6-16-2-4-17(5-3-16)15-22-20(25)14-19(21(22)26)29-13-9-23;1-24-12-13-25-11-10-17(21)7-6-15-2-4-16(5-3-15)14-20-18(22)8-9-19(20)23;3-1-2-4/h16-17,19,23H,2-15H2,1H3;8-9,15-16H,2-7,10-14H2,1H3;3-4H,1-2H2. The average Bonchev–Trinajstić information content (AvgIpc) is 3.69. The Morgan fingerprint density at radius 1 is 0.655 bits per heavy atom. The molecule has 0 aromatic heterocycles. The van der Waals surface area contributed by atoms with E-state index >= 15 is 0 Å². The van der Waals surface area contributed by atoms with Gasteiger partial charge in [0.25, 0.3) is 11.8 Å². The molecule has 2 aliphatic heterocycles. The van der Waals surface area contributed by atoms with Gasteiger partial charge in [-0.15, -0.1) is 11.8 Å². The number of likely N-dealkylation sites (tertiary alicyclic amines) is 1. The van der Waals surface area contributed by atoms with E-state index in [2.05, 4.69) is 12.6 Å². The van der Waals surface area contributed by atoms with E-state index in [1.165, 1.54) is 33.7 Å². The SMILES string of the molecule is COCCOCCC(=O)CCC1CCC(CN2C(=O)C=CC2=O)CC1.COCCOCCC(=O)CCC1CCC(CN2C(=O)CC(SCCO)C2=O)CC1.OCCS. The van der Waals surface area contributed by atoms with E-state index in [1.54, 1.807) is 14.2 Å². The minimum atomic E-state index is -0.324. The Kier molecular flexibility index (Phi) is 28.4. The molecule has 0 bridgehead atoms. The molecule has 3 fully saturated rings. The number of amides is 4. The van der Waals surface area contributed by atoms with Crippen molar-refractivity contribution in [2.75, 3.05) is 91.7 Å². The van der Waals surface area contributed by atoms with Crippen molar-refractivity contribution >= 4 is 59.6 Å². The lowest BCUT2D eigenvalue weighted by molar-refractivity contribution is -0.140. The van der Waals surface area contributed by atoms with Crippen molar-refractivity contribution in [1.29, 1.82) is 0 Å². The second-order valence-electron chi connectivity index (χ2n) is 15.3. The molecular formula is C42H70N2O12S2. The number of hydrogen-bond donors (Lipinski definition) is 3. The molecule has 332 valence electrons. The minimum Gasteiger partial charge on any atom is -0.396 e. The molecule has 0 aromatic rings.